The third-order valence-corrected chi connectivity index (χ3v) is 3.48. The van der Waals surface area contributed by atoms with Crippen molar-refractivity contribution in [1.29, 1.82) is 0 Å². The average molecular weight is 251 g/mol. The molecule has 0 heterocycles. The molecule has 0 aliphatic heterocycles. The Labute approximate surface area is 107 Å². The smallest absolute Gasteiger partial charge is 0.278 e. The predicted octanol–water partition coefficient (Wildman–Crippen LogP) is 0.508. The van der Waals surface area contributed by atoms with E-state index in [1.165, 1.54) is 6.07 Å². The third-order valence-electron chi connectivity index (χ3n) is 3.48. The van der Waals surface area contributed by atoms with Gasteiger partial charge in [0.05, 0.1) is 7.05 Å². The van der Waals surface area contributed by atoms with Crippen LogP contribution >= 0.6 is 0 Å². The minimum absolute atomic E-state index is 0.0614. The van der Waals surface area contributed by atoms with Crippen molar-refractivity contribution in [3.63, 3.8) is 0 Å². The summed E-state index contributed by atoms with van der Waals surface area (Å²) in [7, 11) is 1.92. The van der Waals surface area contributed by atoms with E-state index in [9.17, 15) is 9.18 Å². The lowest BCUT2D eigenvalue weighted by Gasteiger charge is -2.21. The summed E-state index contributed by atoms with van der Waals surface area (Å²) in [5, 5.41) is 2.98. The van der Waals surface area contributed by atoms with Gasteiger partial charge < -0.3 is 10.2 Å². The fourth-order valence-electron chi connectivity index (χ4n) is 1.87. The van der Waals surface area contributed by atoms with E-state index in [0.717, 1.165) is 17.7 Å². The topological polar surface area (TPSA) is 33.5 Å². The number of amides is 1. The summed E-state index contributed by atoms with van der Waals surface area (Å²) in [6, 6.07) is 6.94. The zero-order chi connectivity index (χ0) is 13.1. The van der Waals surface area contributed by atoms with Crippen LogP contribution in [0.15, 0.2) is 24.3 Å². The third kappa shape index (κ3) is 3.29. The van der Waals surface area contributed by atoms with Gasteiger partial charge in [0.2, 0.25) is 0 Å². The largest absolute Gasteiger partial charge is 0.348 e. The lowest BCUT2D eigenvalue weighted by Crippen LogP contribution is -3.12. The van der Waals surface area contributed by atoms with Crippen LogP contribution in [0.25, 0.3) is 0 Å². The van der Waals surface area contributed by atoms with Crippen LogP contribution in [0.4, 0.5) is 4.39 Å². The number of hydrogen-bond acceptors (Lipinski definition) is 1. The van der Waals surface area contributed by atoms with Gasteiger partial charge in [0.15, 0.2) is 6.04 Å². The highest BCUT2D eigenvalue weighted by atomic mass is 19.1. The lowest BCUT2D eigenvalue weighted by molar-refractivity contribution is -0.908. The van der Waals surface area contributed by atoms with Gasteiger partial charge in [0.1, 0.15) is 12.4 Å². The zero-order valence-corrected chi connectivity index (χ0v) is 10.9. The summed E-state index contributed by atoms with van der Waals surface area (Å²) in [5.41, 5.74) is 0.654. The summed E-state index contributed by atoms with van der Waals surface area (Å²) in [5.74, 6) is -0.141. The monoisotopic (exact) mass is 251 g/mol. The van der Waals surface area contributed by atoms with E-state index in [1.807, 2.05) is 20.0 Å². The Balaban J connectivity index is 1.92. The number of hydrogen-bond donors (Lipinski definition) is 2. The SMILES string of the molecule is C[C@@H](C(=O)NC1CC1)[NH+](C)Cc1ccccc1F. The Morgan fingerprint density at radius 1 is 1.50 bits per heavy atom. The van der Waals surface area contributed by atoms with Gasteiger partial charge in [-0.2, -0.15) is 0 Å². The number of benzene rings is 1. The van der Waals surface area contributed by atoms with Crippen molar-refractivity contribution in [2.45, 2.75) is 38.4 Å². The minimum Gasteiger partial charge on any atom is -0.348 e. The highest BCUT2D eigenvalue weighted by Crippen LogP contribution is 2.18. The Kier molecular flexibility index (Phi) is 3.97. The molecule has 1 saturated carbocycles. The molecular formula is C14H20FN2O+. The first-order valence-corrected chi connectivity index (χ1v) is 6.44. The van der Waals surface area contributed by atoms with Crippen LogP contribution in [0.3, 0.4) is 0 Å². The van der Waals surface area contributed by atoms with Crippen LogP contribution in [0.1, 0.15) is 25.3 Å². The molecule has 0 saturated heterocycles. The molecule has 1 fully saturated rings. The molecular weight excluding hydrogens is 231 g/mol. The number of quaternary nitrogens is 1. The zero-order valence-electron chi connectivity index (χ0n) is 10.9. The molecule has 1 aromatic rings. The van der Waals surface area contributed by atoms with E-state index in [4.69, 9.17) is 0 Å². The maximum absolute atomic E-state index is 13.5. The van der Waals surface area contributed by atoms with E-state index in [2.05, 4.69) is 5.32 Å². The van der Waals surface area contributed by atoms with Crippen LogP contribution < -0.4 is 10.2 Å². The van der Waals surface area contributed by atoms with Crippen molar-refractivity contribution < 1.29 is 14.1 Å². The van der Waals surface area contributed by atoms with Gasteiger partial charge in [-0.1, -0.05) is 18.2 Å². The van der Waals surface area contributed by atoms with Crippen LogP contribution in [-0.2, 0) is 11.3 Å². The summed E-state index contributed by atoms with van der Waals surface area (Å²) < 4.78 is 13.5. The maximum atomic E-state index is 13.5. The number of likely N-dealkylation sites (N-methyl/N-ethyl adjacent to an activating group) is 1. The Morgan fingerprint density at radius 2 is 2.17 bits per heavy atom. The molecule has 0 aromatic heterocycles. The Morgan fingerprint density at radius 3 is 2.78 bits per heavy atom. The molecule has 18 heavy (non-hydrogen) atoms. The first-order chi connectivity index (χ1) is 8.58. The fraction of sp³-hybridized carbons (Fsp3) is 0.500. The second-order valence-electron chi connectivity index (χ2n) is 5.12. The predicted molar refractivity (Wildman–Crippen MR) is 67.6 cm³/mol. The first kappa shape index (κ1) is 13.0. The van der Waals surface area contributed by atoms with Gasteiger partial charge >= 0.3 is 0 Å². The Hall–Kier alpha value is -1.42. The van der Waals surface area contributed by atoms with E-state index in [1.54, 1.807) is 12.1 Å². The molecule has 0 bridgehead atoms. The highest BCUT2D eigenvalue weighted by molar-refractivity contribution is 5.80. The standard InChI is InChI=1S/C14H19FN2O/c1-10(14(18)16-12-7-8-12)17(2)9-11-5-3-4-6-13(11)15/h3-6,10,12H,7-9H2,1-2H3,(H,16,18)/p+1/t10-/m0/s1. The Bertz CT molecular complexity index is 432. The van der Waals surface area contributed by atoms with E-state index >= 15 is 0 Å². The molecule has 2 rings (SSSR count). The number of nitrogens with one attached hydrogen (secondary N) is 2. The van der Waals surface area contributed by atoms with E-state index < -0.39 is 0 Å². The highest BCUT2D eigenvalue weighted by Gasteiger charge is 2.29. The van der Waals surface area contributed by atoms with Gasteiger partial charge in [-0.15, -0.1) is 0 Å². The van der Waals surface area contributed by atoms with Crippen molar-refractivity contribution in [3.8, 4) is 0 Å². The lowest BCUT2D eigenvalue weighted by atomic mass is 10.1. The minimum atomic E-state index is -0.202. The van der Waals surface area contributed by atoms with Gasteiger partial charge in [0.25, 0.3) is 5.91 Å². The van der Waals surface area contributed by atoms with Crippen molar-refractivity contribution in [1.82, 2.24) is 5.32 Å². The van der Waals surface area contributed by atoms with Crippen LogP contribution in [0.5, 0.6) is 0 Å². The molecule has 1 aliphatic rings. The molecule has 0 radical (unpaired) electrons. The average Bonchev–Trinajstić information content (AvgIpc) is 3.15. The first-order valence-electron chi connectivity index (χ1n) is 6.44. The molecule has 1 amide bonds. The number of carbonyl (C=O) groups is 1. The quantitative estimate of drug-likeness (QED) is 0.785. The van der Waals surface area contributed by atoms with Gasteiger partial charge in [-0.3, -0.25) is 4.79 Å². The fourth-order valence-corrected chi connectivity index (χ4v) is 1.87. The normalized spacial score (nSPS) is 18.2. The van der Waals surface area contributed by atoms with Crippen LogP contribution in [0, 0.1) is 5.82 Å². The van der Waals surface area contributed by atoms with Crippen LogP contribution in [0.2, 0.25) is 0 Å². The van der Waals surface area contributed by atoms with Crippen molar-refractivity contribution in [2.24, 2.45) is 0 Å². The number of halogens is 1. The molecule has 1 unspecified atom stereocenters. The summed E-state index contributed by atoms with van der Waals surface area (Å²) in [6.07, 6.45) is 2.18. The van der Waals surface area contributed by atoms with Crippen LogP contribution in [-0.4, -0.2) is 25.0 Å². The van der Waals surface area contributed by atoms with E-state index in [0.29, 0.717) is 18.2 Å². The molecule has 2 N–H and O–H groups in total. The van der Waals surface area contributed by atoms with Gasteiger partial charge in [0, 0.05) is 11.6 Å². The summed E-state index contributed by atoms with van der Waals surface area (Å²) in [6.45, 7) is 2.40. The second kappa shape index (κ2) is 5.48. The molecule has 1 aromatic carbocycles. The van der Waals surface area contributed by atoms with E-state index in [-0.39, 0.29) is 17.8 Å². The van der Waals surface area contributed by atoms with Crippen molar-refractivity contribution in [3.05, 3.63) is 35.6 Å². The molecule has 4 heteroatoms. The summed E-state index contributed by atoms with van der Waals surface area (Å²) >= 11 is 0. The molecule has 3 nitrogen and oxygen atoms in total. The van der Waals surface area contributed by atoms with Gasteiger partial charge in [-0.05, 0) is 25.8 Å². The maximum Gasteiger partial charge on any atom is 0.278 e. The number of carbonyl (C=O) groups excluding carboxylic acids is 1. The van der Waals surface area contributed by atoms with Crippen molar-refractivity contribution in [2.75, 3.05) is 7.05 Å². The van der Waals surface area contributed by atoms with Gasteiger partial charge in [-0.25, -0.2) is 4.39 Å². The molecule has 2 atom stereocenters. The van der Waals surface area contributed by atoms with Crippen molar-refractivity contribution >= 4 is 5.91 Å². The molecule has 0 spiro atoms. The second-order valence-corrected chi connectivity index (χ2v) is 5.12. The molecule has 98 valence electrons. The molecule has 1 aliphatic carbocycles. The number of rotatable bonds is 5. The summed E-state index contributed by atoms with van der Waals surface area (Å²) in [4.78, 5) is 12.9.